The van der Waals surface area contributed by atoms with E-state index in [1.165, 1.54) is 19.5 Å². The molecule has 0 aliphatic carbocycles. The third-order valence-corrected chi connectivity index (χ3v) is 7.15. The monoisotopic (exact) mass is 526 g/mol. The zero-order chi connectivity index (χ0) is 25.5. The average molecular weight is 527 g/mol. The van der Waals surface area contributed by atoms with E-state index in [0.717, 1.165) is 12.8 Å². The van der Waals surface area contributed by atoms with Gasteiger partial charge in [0.05, 0.1) is 0 Å². The maximum Gasteiger partial charge on any atom is 0.251 e. The van der Waals surface area contributed by atoms with Crippen molar-refractivity contribution in [2.75, 3.05) is 59.3 Å². The largest absolute Gasteiger partial charge is 0.368 e. The summed E-state index contributed by atoms with van der Waals surface area (Å²) in [6.45, 7) is 5.45. The summed E-state index contributed by atoms with van der Waals surface area (Å²) in [5, 5.41) is 11.0. The first-order valence-corrected chi connectivity index (χ1v) is 13.1. The molecule has 36 heavy (non-hydrogen) atoms. The molecule has 14 heteroatoms. The highest BCUT2D eigenvalue weighted by Gasteiger charge is 2.16. The van der Waals surface area contributed by atoms with Gasteiger partial charge in [0.2, 0.25) is 29.7 Å². The summed E-state index contributed by atoms with van der Waals surface area (Å²) in [7, 11) is 3.49. The smallest absolute Gasteiger partial charge is 0.251 e. The Morgan fingerprint density at radius 2 is 1.36 bits per heavy atom. The first-order valence-electron chi connectivity index (χ1n) is 11.4. The van der Waals surface area contributed by atoms with Crippen molar-refractivity contribution in [2.24, 2.45) is 0 Å². The van der Waals surface area contributed by atoms with Crippen molar-refractivity contribution < 1.29 is 0 Å². The van der Waals surface area contributed by atoms with Gasteiger partial charge in [0.15, 0.2) is 0 Å². The lowest BCUT2D eigenvalue weighted by Gasteiger charge is -2.23. The van der Waals surface area contributed by atoms with E-state index in [1.807, 2.05) is 0 Å². The van der Waals surface area contributed by atoms with Crippen LogP contribution in [0.4, 0.5) is 35.7 Å². The number of aromatic nitrogens is 6. The van der Waals surface area contributed by atoms with E-state index in [0.29, 0.717) is 42.8 Å². The van der Waals surface area contributed by atoms with Gasteiger partial charge in [-0.05, 0) is 44.5 Å². The minimum atomic E-state index is 0.112. The zero-order valence-electron chi connectivity index (χ0n) is 20.7. The standard InChI is InChI=1S/C22H30N12S2/c1-13-5-7-15(35-13)9-11-26-20-29-19(25-4)30-21(31-20)33-34(12-10-16-8-6-14(2)36-16)22-28-17(23)27-18(24-3)32-22/h5-8H,9-12H2,1-4H3,(H3,23,24,27,28,32)(H3,25,26,29,30,31,33). The van der Waals surface area contributed by atoms with Crippen LogP contribution in [0.2, 0.25) is 0 Å². The lowest BCUT2D eigenvalue weighted by atomic mass is 10.3. The van der Waals surface area contributed by atoms with Gasteiger partial charge in [-0.1, -0.05) is 0 Å². The van der Waals surface area contributed by atoms with Gasteiger partial charge in [0, 0.05) is 53.1 Å². The molecule has 0 spiro atoms. The molecule has 12 nitrogen and oxygen atoms in total. The number of rotatable bonds is 12. The van der Waals surface area contributed by atoms with Crippen LogP contribution in [0.25, 0.3) is 0 Å². The highest BCUT2D eigenvalue weighted by Crippen LogP contribution is 2.20. The Bertz CT molecular complexity index is 1290. The maximum atomic E-state index is 5.94. The number of anilines is 6. The van der Waals surface area contributed by atoms with E-state index in [9.17, 15) is 0 Å². The fourth-order valence-electron chi connectivity index (χ4n) is 3.32. The van der Waals surface area contributed by atoms with Crippen molar-refractivity contribution in [3.8, 4) is 0 Å². The van der Waals surface area contributed by atoms with Crippen molar-refractivity contribution in [2.45, 2.75) is 26.7 Å². The van der Waals surface area contributed by atoms with E-state index >= 15 is 0 Å². The van der Waals surface area contributed by atoms with Crippen molar-refractivity contribution in [1.82, 2.24) is 29.9 Å². The summed E-state index contributed by atoms with van der Waals surface area (Å²) in [6.07, 6.45) is 1.65. The van der Waals surface area contributed by atoms with Gasteiger partial charge in [0.25, 0.3) is 5.95 Å². The third kappa shape index (κ3) is 6.88. The van der Waals surface area contributed by atoms with Crippen LogP contribution in [0, 0.1) is 13.8 Å². The fraction of sp³-hybridized carbons (Fsp3) is 0.364. The molecule has 0 fully saturated rings. The lowest BCUT2D eigenvalue weighted by molar-refractivity contribution is 0.814. The maximum absolute atomic E-state index is 5.94. The minimum Gasteiger partial charge on any atom is -0.368 e. The number of hydrogen-bond donors (Lipinski definition) is 5. The van der Waals surface area contributed by atoms with Crippen molar-refractivity contribution in [3.63, 3.8) is 0 Å². The normalized spacial score (nSPS) is 10.8. The van der Waals surface area contributed by atoms with Crippen LogP contribution in [-0.4, -0.2) is 57.1 Å². The zero-order valence-corrected chi connectivity index (χ0v) is 22.3. The highest BCUT2D eigenvalue weighted by molar-refractivity contribution is 7.12. The van der Waals surface area contributed by atoms with Gasteiger partial charge >= 0.3 is 0 Å². The van der Waals surface area contributed by atoms with E-state index in [4.69, 9.17) is 5.73 Å². The summed E-state index contributed by atoms with van der Waals surface area (Å²) in [6, 6.07) is 8.51. The van der Waals surface area contributed by atoms with Gasteiger partial charge < -0.3 is 21.7 Å². The van der Waals surface area contributed by atoms with Crippen LogP contribution in [0.5, 0.6) is 0 Å². The van der Waals surface area contributed by atoms with E-state index < -0.39 is 0 Å². The number of thiophene rings is 2. The molecule has 4 aromatic rings. The fourth-order valence-corrected chi connectivity index (χ4v) is 5.08. The lowest BCUT2D eigenvalue weighted by Crippen LogP contribution is -2.35. The number of nitrogens with zero attached hydrogens (tertiary/aromatic N) is 7. The summed E-state index contributed by atoms with van der Waals surface area (Å²) in [5.74, 6) is 2.08. The minimum absolute atomic E-state index is 0.112. The Balaban J connectivity index is 1.54. The van der Waals surface area contributed by atoms with Crippen LogP contribution < -0.4 is 32.1 Å². The molecular formula is C22H30N12S2. The van der Waals surface area contributed by atoms with Gasteiger partial charge in [-0.25, -0.2) is 0 Å². The summed E-state index contributed by atoms with van der Waals surface area (Å²) < 4.78 is 0. The number of hydrogen-bond acceptors (Lipinski definition) is 14. The molecule has 0 unspecified atom stereocenters. The molecule has 0 aliphatic heterocycles. The quantitative estimate of drug-likeness (QED) is 0.172. The second-order valence-electron chi connectivity index (χ2n) is 7.84. The Morgan fingerprint density at radius 1 is 0.750 bits per heavy atom. The SMILES string of the molecule is CNc1nc(NCCc2ccc(C)s2)nc(NN(CCc2ccc(C)s2)c2nc(N)nc(NC)n2)n1. The number of aryl methyl sites for hydroxylation is 2. The number of nitrogen functional groups attached to an aromatic ring is 1. The van der Waals surface area contributed by atoms with E-state index in [-0.39, 0.29) is 5.95 Å². The van der Waals surface area contributed by atoms with Gasteiger partial charge in [-0.15, -0.1) is 22.7 Å². The second-order valence-corrected chi connectivity index (χ2v) is 10.6. The van der Waals surface area contributed by atoms with Gasteiger partial charge in [0.1, 0.15) is 0 Å². The molecule has 0 aliphatic rings. The number of nitrogens with two attached hydrogens (primary N) is 1. The Hall–Kier alpha value is -3.78. The van der Waals surface area contributed by atoms with Crippen LogP contribution in [-0.2, 0) is 12.8 Å². The molecule has 0 aromatic carbocycles. The molecule has 6 N–H and O–H groups in total. The van der Waals surface area contributed by atoms with Crippen molar-refractivity contribution in [1.29, 1.82) is 0 Å². The molecule has 0 atom stereocenters. The molecule has 0 saturated heterocycles. The predicted molar refractivity (Wildman–Crippen MR) is 148 cm³/mol. The Morgan fingerprint density at radius 3 is 2.00 bits per heavy atom. The Kier molecular flexibility index (Phi) is 8.28. The number of hydrazine groups is 1. The average Bonchev–Trinajstić information content (AvgIpc) is 3.48. The van der Waals surface area contributed by atoms with Gasteiger partial charge in [-0.3, -0.25) is 10.4 Å². The van der Waals surface area contributed by atoms with Crippen molar-refractivity contribution >= 4 is 58.4 Å². The van der Waals surface area contributed by atoms with Crippen molar-refractivity contribution in [3.05, 3.63) is 43.8 Å². The molecule has 4 rings (SSSR count). The molecule has 0 radical (unpaired) electrons. The molecule has 0 amide bonds. The third-order valence-electron chi connectivity index (χ3n) is 5.03. The van der Waals surface area contributed by atoms with Crippen LogP contribution in [0.3, 0.4) is 0 Å². The molecule has 190 valence electrons. The van der Waals surface area contributed by atoms with E-state index in [2.05, 4.69) is 89.4 Å². The molecule has 0 bridgehead atoms. The van der Waals surface area contributed by atoms with E-state index in [1.54, 1.807) is 41.8 Å². The summed E-state index contributed by atoms with van der Waals surface area (Å²) in [4.78, 5) is 31.5. The first kappa shape index (κ1) is 25.3. The first-order chi connectivity index (χ1) is 17.4. The summed E-state index contributed by atoms with van der Waals surface area (Å²) >= 11 is 3.55. The topological polar surface area (TPSA) is 155 Å². The molecule has 0 saturated carbocycles. The number of nitrogens with one attached hydrogen (secondary N) is 4. The molecule has 4 heterocycles. The Labute approximate surface area is 217 Å². The second kappa shape index (κ2) is 11.8. The molecule has 4 aromatic heterocycles. The van der Waals surface area contributed by atoms with Crippen LogP contribution in [0.1, 0.15) is 19.5 Å². The predicted octanol–water partition coefficient (Wildman–Crippen LogP) is 3.19. The van der Waals surface area contributed by atoms with Crippen LogP contribution in [0.15, 0.2) is 24.3 Å². The summed E-state index contributed by atoms with van der Waals surface area (Å²) in [5.41, 5.74) is 9.17. The molecular weight excluding hydrogens is 496 g/mol. The van der Waals surface area contributed by atoms with Gasteiger partial charge in [-0.2, -0.15) is 29.9 Å². The van der Waals surface area contributed by atoms with Crippen LogP contribution >= 0.6 is 22.7 Å². The highest BCUT2D eigenvalue weighted by atomic mass is 32.1.